The van der Waals surface area contributed by atoms with Gasteiger partial charge in [-0.2, -0.15) is 0 Å². The number of hydrogen-bond donors (Lipinski definition) is 2. The molecule has 0 saturated carbocycles. The number of carbonyl (C=O) groups excluding carboxylic acids is 1. The first kappa shape index (κ1) is 18.1. The Labute approximate surface area is 156 Å². The lowest BCUT2D eigenvalue weighted by Gasteiger charge is -2.28. The summed E-state index contributed by atoms with van der Waals surface area (Å²) < 4.78 is 5.01. The van der Waals surface area contributed by atoms with Crippen LogP contribution in [-0.2, 0) is 9.53 Å². The summed E-state index contributed by atoms with van der Waals surface area (Å²) in [6.45, 7) is 2.15. The van der Waals surface area contributed by atoms with Crippen molar-refractivity contribution in [2.75, 3.05) is 25.1 Å². The van der Waals surface area contributed by atoms with E-state index in [1.54, 1.807) is 6.08 Å². The van der Waals surface area contributed by atoms with Crippen LogP contribution in [-0.4, -0.2) is 36.1 Å². The summed E-state index contributed by atoms with van der Waals surface area (Å²) in [7, 11) is 1.30. The largest absolute Gasteiger partial charge is 0.465 e. The topological polar surface area (TPSA) is 78.2 Å². The van der Waals surface area contributed by atoms with Crippen molar-refractivity contribution in [1.82, 2.24) is 9.97 Å². The van der Waals surface area contributed by atoms with Gasteiger partial charge in [0.05, 0.1) is 18.4 Å². The Morgan fingerprint density at radius 1 is 1.15 bits per heavy atom. The van der Waals surface area contributed by atoms with Crippen LogP contribution >= 0.6 is 12.2 Å². The summed E-state index contributed by atoms with van der Waals surface area (Å²) in [6.07, 6.45) is 5.41. The molecule has 0 aliphatic carbocycles. The molecule has 26 heavy (non-hydrogen) atoms. The highest BCUT2D eigenvalue weighted by molar-refractivity contribution is 7.71. The molecule has 3 rings (SSSR count). The lowest BCUT2D eigenvalue weighted by molar-refractivity contribution is -0.133. The van der Waals surface area contributed by atoms with Crippen LogP contribution < -0.4 is 10.5 Å². The lowest BCUT2D eigenvalue weighted by Crippen LogP contribution is -2.29. The fourth-order valence-electron chi connectivity index (χ4n) is 3.07. The van der Waals surface area contributed by atoms with E-state index in [0.717, 1.165) is 18.7 Å². The second-order valence-electron chi connectivity index (χ2n) is 6.19. The van der Waals surface area contributed by atoms with Gasteiger partial charge in [0.25, 0.3) is 5.56 Å². The molecule has 1 aromatic heterocycles. The monoisotopic (exact) mass is 371 g/mol. The van der Waals surface area contributed by atoms with Gasteiger partial charge in [-0.1, -0.05) is 12.1 Å². The van der Waals surface area contributed by atoms with Gasteiger partial charge in [0, 0.05) is 24.8 Å². The number of anilines is 1. The molecule has 0 atom stereocenters. The van der Waals surface area contributed by atoms with E-state index in [1.807, 2.05) is 24.3 Å². The van der Waals surface area contributed by atoms with Crippen LogP contribution in [0.5, 0.6) is 0 Å². The van der Waals surface area contributed by atoms with Gasteiger partial charge < -0.3 is 14.6 Å². The minimum atomic E-state index is -0.540. The molecule has 1 aliphatic heterocycles. The fourth-order valence-corrected chi connectivity index (χ4v) is 3.28. The minimum Gasteiger partial charge on any atom is -0.465 e. The maximum atomic E-state index is 12.2. The molecule has 0 bridgehead atoms. The zero-order chi connectivity index (χ0) is 18.5. The molecule has 1 fully saturated rings. The number of aromatic nitrogens is 2. The predicted molar refractivity (Wildman–Crippen MR) is 105 cm³/mol. The first-order valence-electron chi connectivity index (χ1n) is 8.56. The lowest BCUT2D eigenvalue weighted by atomic mass is 10.1. The minimum absolute atomic E-state index is 0.155. The maximum absolute atomic E-state index is 12.2. The van der Waals surface area contributed by atoms with Crippen molar-refractivity contribution in [2.24, 2.45) is 0 Å². The number of aromatic amines is 2. The molecule has 6 nitrogen and oxygen atoms in total. The number of H-pyrrole nitrogens is 2. The zero-order valence-corrected chi connectivity index (χ0v) is 15.4. The fraction of sp³-hybridized carbons (Fsp3) is 0.316. The Hall–Kier alpha value is -2.67. The number of nitrogens with zero attached hydrogens (tertiary/aromatic N) is 1. The van der Waals surface area contributed by atoms with Crippen molar-refractivity contribution in [3.8, 4) is 0 Å². The molecule has 2 heterocycles. The molecule has 2 aromatic rings. The van der Waals surface area contributed by atoms with Gasteiger partial charge in [0.1, 0.15) is 0 Å². The van der Waals surface area contributed by atoms with Crippen LogP contribution in [0.25, 0.3) is 11.6 Å². The van der Waals surface area contributed by atoms with E-state index in [2.05, 4.69) is 14.9 Å². The summed E-state index contributed by atoms with van der Waals surface area (Å²) in [6, 6.07) is 9.29. The molecule has 7 heteroatoms. The summed E-state index contributed by atoms with van der Waals surface area (Å²) in [5, 5.41) is 0. The third-order valence-corrected chi connectivity index (χ3v) is 4.59. The van der Waals surface area contributed by atoms with Crippen LogP contribution in [0.3, 0.4) is 0 Å². The summed E-state index contributed by atoms with van der Waals surface area (Å²) >= 11 is 4.99. The van der Waals surface area contributed by atoms with Crippen LogP contribution in [0.4, 0.5) is 5.69 Å². The highest BCUT2D eigenvalue weighted by Crippen LogP contribution is 2.22. The summed E-state index contributed by atoms with van der Waals surface area (Å²) in [4.78, 5) is 31.5. The van der Waals surface area contributed by atoms with E-state index in [1.165, 1.54) is 38.1 Å². The second kappa shape index (κ2) is 8.14. The number of methoxy groups -OCH3 is 1. The maximum Gasteiger partial charge on any atom is 0.339 e. The predicted octanol–water partition coefficient (Wildman–Crippen LogP) is 3.14. The molecule has 0 unspecified atom stereocenters. The highest BCUT2D eigenvalue weighted by Gasteiger charge is 2.15. The summed E-state index contributed by atoms with van der Waals surface area (Å²) in [5.41, 5.74) is 2.21. The standard InChI is InChI=1S/C19H21N3O3S/c1-25-18(24)15(16-12-17(23)21-19(26)20-16)11-13-5-7-14(8-6-13)22-9-3-2-4-10-22/h5-8,11-12H,2-4,9-10H2,1H3,(H2,20,21,23,26)/b15-11-. The molecule has 1 saturated heterocycles. The van der Waals surface area contributed by atoms with Crippen molar-refractivity contribution in [1.29, 1.82) is 0 Å². The molecule has 1 aliphatic rings. The molecule has 0 radical (unpaired) electrons. The van der Waals surface area contributed by atoms with Gasteiger partial charge in [-0.15, -0.1) is 0 Å². The average molecular weight is 371 g/mol. The number of carbonyl (C=O) groups is 1. The van der Waals surface area contributed by atoms with Gasteiger partial charge in [-0.3, -0.25) is 9.78 Å². The van der Waals surface area contributed by atoms with E-state index in [-0.39, 0.29) is 15.9 Å². The van der Waals surface area contributed by atoms with E-state index in [9.17, 15) is 9.59 Å². The van der Waals surface area contributed by atoms with Gasteiger partial charge in [0.15, 0.2) is 4.77 Å². The number of hydrogen-bond acceptors (Lipinski definition) is 5. The molecule has 2 N–H and O–H groups in total. The van der Waals surface area contributed by atoms with Crippen LogP contribution in [0.15, 0.2) is 35.1 Å². The van der Waals surface area contributed by atoms with Gasteiger partial charge >= 0.3 is 5.97 Å². The average Bonchev–Trinajstić information content (AvgIpc) is 2.66. The van der Waals surface area contributed by atoms with Crippen molar-refractivity contribution in [3.63, 3.8) is 0 Å². The Morgan fingerprint density at radius 3 is 2.46 bits per heavy atom. The third kappa shape index (κ3) is 4.29. The number of nitrogens with one attached hydrogen (secondary N) is 2. The Balaban J connectivity index is 1.93. The number of piperidine rings is 1. The van der Waals surface area contributed by atoms with E-state index in [4.69, 9.17) is 17.0 Å². The van der Waals surface area contributed by atoms with Crippen LogP contribution in [0.1, 0.15) is 30.5 Å². The normalized spacial score (nSPS) is 15.0. The Kier molecular flexibility index (Phi) is 5.68. The first-order chi connectivity index (χ1) is 12.6. The van der Waals surface area contributed by atoms with Crippen molar-refractivity contribution in [2.45, 2.75) is 19.3 Å². The number of rotatable bonds is 4. The second-order valence-corrected chi connectivity index (χ2v) is 6.60. The number of ether oxygens (including phenoxy) is 1. The Morgan fingerprint density at radius 2 is 1.85 bits per heavy atom. The highest BCUT2D eigenvalue weighted by atomic mass is 32.1. The molecule has 0 spiro atoms. The van der Waals surface area contributed by atoms with Gasteiger partial charge in [0.2, 0.25) is 0 Å². The van der Waals surface area contributed by atoms with Crippen LogP contribution in [0.2, 0.25) is 0 Å². The SMILES string of the molecule is COC(=O)/C(=C\c1ccc(N2CCCCC2)cc1)c1cc(=O)[nH]c(=S)[nH]1. The van der Waals surface area contributed by atoms with Gasteiger partial charge in [-0.05, 0) is 55.3 Å². The quantitative estimate of drug-likeness (QED) is 0.490. The van der Waals surface area contributed by atoms with Crippen LogP contribution in [0, 0.1) is 4.77 Å². The van der Waals surface area contributed by atoms with Gasteiger partial charge in [-0.25, -0.2) is 4.79 Å². The summed E-state index contributed by atoms with van der Waals surface area (Å²) in [5.74, 6) is -0.540. The number of esters is 1. The first-order valence-corrected chi connectivity index (χ1v) is 8.97. The third-order valence-electron chi connectivity index (χ3n) is 4.38. The van der Waals surface area contributed by atoms with E-state index < -0.39 is 5.97 Å². The smallest absolute Gasteiger partial charge is 0.339 e. The molecule has 1 aromatic carbocycles. The molecular weight excluding hydrogens is 350 g/mol. The van der Waals surface area contributed by atoms with Crippen molar-refractivity contribution < 1.29 is 9.53 Å². The van der Waals surface area contributed by atoms with Crippen molar-refractivity contribution in [3.05, 3.63) is 56.7 Å². The van der Waals surface area contributed by atoms with E-state index in [0.29, 0.717) is 5.69 Å². The Bertz CT molecular complexity index is 894. The van der Waals surface area contributed by atoms with E-state index >= 15 is 0 Å². The zero-order valence-electron chi connectivity index (χ0n) is 14.6. The molecule has 0 amide bonds. The number of benzene rings is 1. The molecule has 136 valence electrons. The van der Waals surface area contributed by atoms with Crippen molar-refractivity contribution >= 4 is 35.5 Å². The molecular formula is C19H21N3O3S.